The molecule has 88 heavy (non-hydrogen) atoms. The molecular formula is C85H77N3. The van der Waals surface area contributed by atoms with Gasteiger partial charge in [0.05, 0.1) is 33.5 Å². The van der Waals surface area contributed by atoms with Gasteiger partial charge in [0, 0.05) is 44.4 Å². The fourth-order valence-corrected chi connectivity index (χ4v) is 16.7. The molecular weight excluding hydrogens is 1060 g/mol. The highest BCUT2D eigenvalue weighted by molar-refractivity contribution is 6.16. The summed E-state index contributed by atoms with van der Waals surface area (Å²) in [6.45, 7) is 28.4. The van der Waals surface area contributed by atoms with Crippen LogP contribution in [0.2, 0.25) is 0 Å². The molecule has 4 aliphatic rings. The molecule has 1 spiro atoms. The van der Waals surface area contributed by atoms with E-state index in [0.717, 1.165) is 22.7 Å². The number of nitrogens with zero attached hydrogens (tertiary/aromatic N) is 3. The van der Waals surface area contributed by atoms with Gasteiger partial charge in [0.25, 0.3) is 0 Å². The van der Waals surface area contributed by atoms with E-state index in [4.69, 9.17) is 0 Å². The predicted octanol–water partition coefficient (Wildman–Crippen LogP) is 23.5. The molecule has 0 amide bonds. The smallest absolute Gasteiger partial charge is 0.0756 e. The molecule has 3 aliphatic carbocycles. The second-order valence-electron chi connectivity index (χ2n) is 28.0. The molecule has 0 fully saturated rings. The van der Waals surface area contributed by atoms with E-state index in [1.54, 1.807) is 0 Å². The molecule has 1 aromatic heterocycles. The Morgan fingerprint density at radius 2 is 0.670 bits per heavy atom. The van der Waals surface area contributed by atoms with Crippen LogP contribution in [-0.2, 0) is 16.2 Å². The number of anilines is 6. The minimum absolute atomic E-state index is 0.394. The lowest BCUT2D eigenvalue weighted by molar-refractivity contribution is 0.659. The van der Waals surface area contributed by atoms with Crippen molar-refractivity contribution < 1.29 is 0 Å². The van der Waals surface area contributed by atoms with E-state index in [2.05, 4.69) is 322 Å². The van der Waals surface area contributed by atoms with Crippen LogP contribution in [0.1, 0.15) is 174 Å². The molecule has 0 bridgehead atoms. The summed E-state index contributed by atoms with van der Waals surface area (Å²) < 4.78 is 2.61. The van der Waals surface area contributed by atoms with E-state index in [0.29, 0.717) is 23.7 Å². The fraction of sp³-hybridized carbons (Fsp3) is 0.224. The Labute approximate surface area is 520 Å². The number of aromatic nitrogens is 1. The normalized spacial score (nSPS) is 14.8. The molecule has 0 N–H and O–H groups in total. The lowest BCUT2D eigenvalue weighted by Crippen LogP contribution is -2.34. The Kier molecular flexibility index (Phi) is 12.0. The Morgan fingerprint density at radius 3 is 1.09 bits per heavy atom. The van der Waals surface area contributed by atoms with Crippen molar-refractivity contribution in [2.45, 2.75) is 123 Å². The average Bonchev–Trinajstić information content (AvgIpc) is 1.45. The Bertz CT molecular complexity index is 4500. The third-order valence-electron chi connectivity index (χ3n) is 21.1. The van der Waals surface area contributed by atoms with Crippen molar-refractivity contribution in [3.8, 4) is 39.1 Å². The maximum atomic E-state index is 2.72. The summed E-state index contributed by atoms with van der Waals surface area (Å²) >= 11 is 0. The van der Waals surface area contributed by atoms with E-state index in [9.17, 15) is 0 Å². The van der Waals surface area contributed by atoms with E-state index in [1.165, 1.54) is 139 Å². The van der Waals surface area contributed by atoms with Gasteiger partial charge in [-0.2, -0.15) is 0 Å². The molecule has 11 aromatic carbocycles. The zero-order chi connectivity index (χ0) is 60.4. The zero-order valence-electron chi connectivity index (χ0n) is 53.0. The number of rotatable bonds is 10. The van der Waals surface area contributed by atoms with E-state index in [-0.39, 0.29) is 0 Å². The van der Waals surface area contributed by atoms with Gasteiger partial charge in [0.15, 0.2) is 0 Å². The summed E-state index contributed by atoms with van der Waals surface area (Å²) in [7, 11) is 0. The van der Waals surface area contributed by atoms with Crippen LogP contribution >= 0.6 is 0 Å². The highest BCUT2D eigenvalue weighted by Gasteiger charge is 2.57. The van der Waals surface area contributed by atoms with Crippen molar-refractivity contribution in [2.24, 2.45) is 0 Å². The third kappa shape index (κ3) is 7.37. The second kappa shape index (κ2) is 19.4. The van der Waals surface area contributed by atoms with Crippen molar-refractivity contribution in [1.29, 1.82) is 0 Å². The minimum atomic E-state index is -0.842. The first-order valence-electron chi connectivity index (χ1n) is 32.3. The lowest BCUT2D eigenvalue weighted by atomic mass is 9.64. The summed E-state index contributed by atoms with van der Waals surface area (Å²) in [6, 6.07) is 88.0. The van der Waals surface area contributed by atoms with Crippen LogP contribution < -0.4 is 9.80 Å². The molecule has 16 rings (SSSR count). The van der Waals surface area contributed by atoms with Crippen LogP contribution in [0.15, 0.2) is 224 Å². The molecule has 12 aromatic rings. The van der Waals surface area contributed by atoms with Crippen molar-refractivity contribution >= 4 is 55.9 Å². The Hall–Kier alpha value is -9.18. The largest absolute Gasteiger partial charge is 0.310 e. The predicted molar refractivity (Wildman–Crippen MR) is 372 cm³/mol. The van der Waals surface area contributed by atoms with E-state index < -0.39 is 16.2 Å². The second-order valence-corrected chi connectivity index (χ2v) is 28.0. The monoisotopic (exact) mass is 1140 g/mol. The first-order valence-corrected chi connectivity index (χ1v) is 32.3. The zero-order valence-corrected chi connectivity index (χ0v) is 53.0. The molecule has 1 aliphatic heterocycles. The summed E-state index contributed by atoms with van der Waals surface area (Å²) in [5.41, 5.74) is 33.0. The molecule has 0 unspecified atom stereocenters. The SMILES string of the molecule is CC(C)c1ccc(N(c2ccc(C(C)C)cc2)c2cc3c(c4c2C(C)(C)c2ccccc2-4)-c2c(cc(N(c4ccc(C(C)C)cc4)c4ccc(C(C)C)cc4)c4c2-c2ccccc2C4(C)C)C32c3ccccc3-n3c4ccccc4c4cccc2c43)cc1. The molecule has 0 saturated heterocycles. The Morgan fingerprint density at radius 1 is 0.318 bits per heavy atom. The van der Waals surface area contributed by atoms with Crippen molar-refractivity contribution in [3.05, 3.63) is 291 Å². The summed E-state index contributed by atoms with van der Waals surface area (Å²) in [5, 5.41) is 2.54. The average molecular weight is 1140 g/mol. The molecule has 432 valence electrons. The van der Waals surface area contributed by atoms with Gasteiger partial charge in [0.2, 0.25) is 0 Å². The lowest BCUT2D eigenvalue weighted by Gasteiger charge is -2.41. The van der Waals surface area contributed by atoms with Gasteiger partial charge in [-0.3, -0.25) is 0 Å². The molecule has 0 atom stereocenters. The minimum Gasteiger partial charge on any atom is -0.310 e. The summed E-state index contributed by atoms with van der Waals surface area (Å²) in [4.78, 5) is 5.25. The van der Waals surface area contributed by atoms with E-state index in [1.807, 2.05) is 0 Å². The number of benzene rings is 11. The number of fused-ring (bicyclic) bond motifs is 20. The van der Waals surface area contributed by atoms with Crippen LogP contribution in [0.25, 0.3) is 60.9 Å². The van der Waals surface area contributed by atoms with Crippen LogP contribution in [0.3, 0.4) is 0 Å². The van der Waals surface area contributed by atoms with Crippen molar-refractivity contribution in [1.82, 2.24) is 4.57 Å². The van der Waals surface area contributed by atoms with Crippen molar-refractivity contribution in [2.75, 3.05) is 9.80 Å². The Balaban J connectivity index is 1.14. The van der Waals surface area contributed by atoms with Crippen LogP contribution in [0.4, 0.5) is 34.1 Å². The highest BCUT2D eigenvalue weighted by Crippen LogP contribution is 2.71. The first-order chi connectivity index (χ1) is 42.5. The number of hydrogen-bond acceptors (Lipinski definition) is 2. The maximum Gasteiger partial charge on any atom is 0.0756 e. The maximum absolute atomic E-state index is 2.72. The third-order valence-corrected chi connectivity index (χ3v) is 21.1. The van der Waals surface area contributed by atoms with E-state index >= 15 is 0 Å². The van der Waals surface area contributed by atoms with Crippen LogP contribution in [0, 0.1) is 0 Å². The summed E-state index contributed by atoms with van der Waals surface area (Å²) in [5.74, 6) is 1.57. The topological polar surface area (TPSA) is 11.4 Å². The molecule has 0 radical (unpaired) electrons. The fourth-order valence-electron chi connectivity index (χ4n) is 16.7. The van der Waals surface area contributed by atoms with Gasteiger partial charge in [0.1, 0.15) is 0 Å². The van der Waals surface area contributed by atoms with Crippen LogP contribution in [-0.4, -0.2) is 4.57 Å². The van der Waals surface area contributed by atoms with Crippen LogP contribution in [0.5, 0.6) is 0 Å². The van der Waals surface area contributed by atoms with Gasteiger partial charge in [-0.15, -0.1) is 0 Å². The molecule has 0 saturated carbocycles. The summed E-state index contributed by atoms with van der Waals surface area (Å²) in [6.07, 6.45) is 0. The van der Waals surface area contributed by atoms with Crippen molar-refractivity contribution in [3.63, 3.8) is 0 Å². The standard InChI is InChI=1S/C85H77N3/c1-50(2)54-32-40-58(41-33-54)86(59-42-34-55(35-43-59)51(3)4)74-48-70-78(76-64-23-13-16-26-66(64)83(9,10)80(74)76)79-71(85(70)68-28-18-20-31-73(68)88-72-30-19-15-22-62(72)63-25-21-29-69(85)82(63)88)49-75(81-77(79)65-24-14-17-27-67(65)84(81,11)12)87(60-44-36-56(37-45-60)52(5)6)61-46-38-57(39-47-61)53(7)8/h13-53H,1-12H3. The van der Waals surface area contributed by atoms with Gasteiger partial charge < -0.3 is 14.4 Å². The van der Waals surface area contributed by atoms with Gasteiger partial charge >= 0.3 is 0 Å². The van der Waals surface area contributed by atoms with Gasteiger partial charge in [-0.25, -0.2) is 0 Å². The highest BCUT2D eigenvalue weighted by atomic mass is 15.2. The number of hydrogen-bond donors (Lipinski definition) is 0. The van der Waals surface area contributed by atoms with Gasteiger partial charge in [-0.05, 0) is 197 Å². The molecule has 3 heteroatoms. The quantitative estimate of drug-likeness (QED) is 0.135. The molecule has 2 heterocycles. The van der Waals surface area contributed by atoms with Gasteiger partial charge in [-0.1, -0.05) is 235 Å². The number of para-hydroxylation sites is 3. The molecule has 3 nitrogen and oxygen atoms in total. The first kappa shape index (κ1) is 54.2.